The maximum atomic E-state index is 13.0. The lowest BCUT2D eigenvalue weighted by Gasteiger charge is -2.25. The monoisotopic (exact) mass is 419 g/mol. The van der Waals surface area contributed by atoms with Crippen molar-refractivity contribution < 1.29 is 14.4 Å². The van der Waals surface area contributed by atoms with Gasteiger partial charge in [-0.05, 0) is 55.5 Å². The highest BCUT2D eigenvalue weighted by atomic mass is 32.1. The van der Waals surface area contributed by atoms with Gasteiger partial charge in [-0.25, -0.2) is 4.98 Å². The molecule has 0 bridgehead atoms. The molecule has 7 heteroatoms. The van der Waals surface area contributed by atoms with Gasteiger partial charge < -0.3 is 0 Å². The van der Waals surface area contributed by atoms with Crippen molar-refractivity contribution in [3.8, 4) is 0 Å². The summed E-state index contributed by atoms with van der Waals surface area (Å²) in [5.41, 5.74) is 1.68. The predicted octanol–water partition coefficient (Wildman–Crippen LogP) is 4.47. The lowest BCUT2D eigenvalue weighted by molar-refractivity contribution is -0.122. The fourth-order valence-electron chi connectivity index (χ4n) is 4.53. The van der Waals surface area contributed by atoms with Crippen LogP contribution in [0.1, 0.15) is 36.5 Å². The number of amides is 3. The van der Waals surface area contributed by atoms with Crippen molar-refractivity contribution in [2.45, 2.75) is 26.2 Å². The van der Waals surface area contributed by atoms with Crippen molar-refractivity contribution in [2.24, 2.45) is 17.8 Å². The molecule has 0 radical (unpaired) electrons. The third-order valence-corrected chi connectivity index (χ3v) is 7.02. The van der Waals surface area contributed by atoms with Gasteiger partial charge in [0, 0.05) is 5.56 Å². The SMILES string of the molecule is C[C@@H]1CC[C@@H]2C(=O)N(c3cccc(C(=O)Nc4nc5ccccc5s4)c3)C(=O)[C@@H]2C1. The number of thiazole rings is 1. The quantitative estimate of drug-likeness (QED) is 0.635. The minimum atomic E-state index is -0.318. The first-order valence-corrected chi connectivity index (χ1v) is 11.0. The first-order valence-electron chi connectivity index (χ1n) is 10.2. The van der Waals surface area contributed by atoms with Crippen LogP contribution < -0.4 is 10.2 Å². The van der Waals surface area contributed by atoms with Crippen LogP contribution in [0.25, 0.3) is 10.2 Å². The number of hydrogen-bond donors (Lipinski definition) is 1. The van der Waals surface area contributed by atoms with Crippen LogP contribution in [-0.4, -0.2) is 22.7 Å². The number of rotatable bonds is 3. The van der Waals surface area contributed by atoms with Gasteiger partial charge in [-0.3, -0.25) is 24.6 Å². The molecular weight excluding hydrogens is 398 g/mol. The smallest absolute Gasteiger partial charge is 0.257 e. The van der Waals surface area contributed by atoms with E-state index in [1.165, 1.54) is 16.2 Å². The first kappa shape index (κ1) is 18.9. The summed E-state index contributed by atoms with van der Waals surface area (Å²) in [4.78, 5) is 44.4. The van der Waals surface area contributed by atoms with E-state index in [0.29, 0.717) is 22.3 Å². The number of aromatic nitrogens is 1. The molecule has 3 atom stereocenters. The molecule has 30 heavy (non-hydrogen) atoms. The Kier molecular flexibility index (Phi) is 4.62. The number of benzene rings is 2. The molecule has 1 saturated carbocycles. The Hall–Kier alpha value is -3.06. The van der Waals surface area contributed by atoms with Crippen molar-refractivity contribution in [1.29, 1.82) is 0 Å². The molecule has 0 spiro atoms. The number of carbonyl (C=O) groups is 3. The first-order chi connectivity index (χ1) is 14.5. The second-order valence-corrected chi connectivity index (χ2v) is 9.16. The Balaban J connectivity index is 1.39. The Labute approximate surface area is 177 Å². The number of nitrogens with one attached hydrogen (secondary N) is 1. The van der Waals surface area contributed by atoms with Crippen LogP contribution in [-0.2, 0) is 9.59 Å². The van der Waals surface area contributed by atoms with E-state index >= 15 is 0 Å². The summed E-state index contributed by atoms with van der Waals surface area (Å²) in [7, 11) is 0. The predicted molar refractivity (Wildman–Crippen MR) is 117 cm³/mol. The Bertz CT molecular complexity index is 1140. The molecule has 3 aromatic rings. The summed E-state index contributed by atoms with van der Waals surface area (Å²) >= 11 is 1.40. The highest BCUT2D eigenvalue weighted by Gasteiger charge is 2.50. The topological polar surface area (TPSA) is 79.4 Å². The fraction of sp³-hybridized carbons (Fsp3) is 0.304. The van der Waals surface area contributed by atoms with E-state index in [9.17, 15) is 14.4 Å². The number of nitrogens with zero attached hydrogens (tertiary/aromatic N) is 2. The number of anilines is 2. The van der Waals surface area contributed by atoms with Crippen molar-refractivity contribution in [3.05, 3.63) is 54.1 Å². The van der Waals surface area contributed by atoms with E-state index < -0.39 is 0 Å². The summed E-state index contributed by atoms with van der Waals surface area (Å²) in [6.45, 7) is 2.13. The number of fused-ring (bicyclic) bond motifs is 2. The van der Waals surface area contributed by atoms with Gasteiger partial charge in [0.1, 0.15) is 0 Å². The van der Waals surface area contributed by atoms with E-state index in [2.05, 4.69) is 17.2 Å². The number of carbonyl (C=O) groups excluding carboxylic acids is 3. The second-order valence-electron chi connectivity index (χ2n) is 8.13. The summed E-state index contributed by atoms with van der Waals surface area (Å²) in [6, 6.07) is 14.4. The standard InChI is InChI=1S/C23H21N3O3S/c1-13-9-10-16-17(11-13)22(29)26(21(16)28)15-6-4-5-14(12-15)20(27)25-23-24-18-7-2-3-8-19(18)30-23/h2-8,12-13,16-17H,9-11H2,1H3,(H,24,25,27)/t13-,16+,17-/m1/s1. The van der Waals surface area contributed by atoms with Gasteiger partial charge >= 0.3 is 0 Å². The molecule has 1 aliphatic heterocycles. The molecule has 1 N–H and O–H groups in total. The zero-order valence-corrected chi connectivity index (χ0v) is 17.3. The number of hydrogen-bond acceptors (Lipinski definition) is 5. The minimum absolute atomic E-state index is 0.138. The third-order valence-electron chi connectivity index (χ3n) is 6.07. The minimum Gasteiger partial charge on any atom is -0.298 e. The molecule has 1 aliphatic carbocycles. The molecule has 1 saturated heterocycles. The number of imide groups is 1. The van der Waals surface area contributed by atoms with E-state index in [-0.39, 0.29) is 29.6 Å². The second kappa shape index (κ2) is 7.32. The maximum Gasteiger partial charge on any atom is 0.257 e. The van der Waals surface area contributed by atoms with E-state index in [1.54, 1.807) is 24.3 Å². The van der Waals surface area contributed by atoms with E-state index in [0.717, 1.165) is 29.5 Å². The van der Waals surface area contributed by atoms with Crippen LogP contribution in [0.3, 0.4) is 0 Å². The fourth-order valence-corrected chi connectivity index (χ4v) is 5.39. The largest absolute Gasteiger partial charge is 0.298 e. The summed E-state index contributed by atoms with van der Waals surface area (Å²) in [5.74, 6) is -0.605. The van der Waals surface area contributed by atoms with Gasteiger partial charge in [-0.2, -0.15) is 0 Å². The number of para-hydroxylation sites is 1. The van der Waals surface area contributed by atoms with Gasteiger partial charge in [0.05, 0.1) is 27.7 Å². The van der Waals surface area contributed by atoms with Crippen LogP contribution in [0.5, 0.6) is 0 Å². The summed E-state index contributed by atoms with van der Waals surface area (Å²) in [5, 5.41) is 3.34. The average molecular weight is 420 g/mol. The molecule has 3 amide bonds. The van der Waals surface area contributed by atoms with Crippen LogP contribution >= 0.6 is 11.3 Å². The third kappa shape index (κ3) is 3.19. The van der Waals surface area contributed by atoms with Crippen LogP contribution in [0.4, 0.5) is 10.8 Å². The van der Waals surface area contributed by atoms with Crippen molar-refractivity contribution >= 4 is 50.1 Å². The van der Waals surface area contributed by atoms with Gasteiger partial charge in [-0.15, -0.1) is 0 Å². The highest BCUT2D eigenvalue weighted by molar-refractivity contribution is 7.22. The molecule has 152 valence electrons. The van der Waals surface area contributed by atoms with Crippen LogP contribution in [0.15, 0.2) is 48.5 Å². The molecule has 2 heterocycles. The summed E-state index contributed by atoms with van der Waals surface area (Å²) < 4.78 is 0.992. The zero-order chi connectivity index (χ0) is 20.8. The van der Waals surface area contributed by atoms with Crippen LogP contribution in [0.2, 0.25) is 0 Å². The summed E-state index contributed by atoms with van der Waals surface area (Å²) in [6.07, 6.45) is 2.48. The molecule has 5 rings (SSSR count). The Morgan fingerprint density at radius 3 is 2.70 bits per heavy atom. The molecule has 2 aliphatic rings. The Morgan fingerprint density at radius 2 is 1.87 bits per heavy atom. The lowest BCUT2D eigenvalue weighted by Crippen LogP contribution is -2.31. The maximum absolute atomic E-state index is 13.0. The van der Waals surface area contributed by atoms with Crippen molar-refractivity contribution in [3.63, 3.8) is 0 Å². The van der Waals surface area contributed by atoms with Gasteiger partial charge in [0.15, 0.2) is 5.13 Å². The Morgan fingerprint density at radius 1 is 1.07 bits per heavy atom. The van der Waals surface area contributed by atoms with Crippen LogP contribution in [0, 0.1) is 17.8 Å². The molecule has 1 aromatic heterocycles. The zero-order valence-electron chi connectivity index (χ0n) is 16.5. The van der Waals surface area contributed by atoms with Gasteiger partial charge in [-0.1, -0.05) is 36.5 Å². The van der Waals surface area contributed by atoms with Crippen molar-refractivity contribution in [1.82, 2.24) is 4.98 Å². The molecule has 2 aromatic carbocycles. The normalized spacial score (nSPS) is 23.6. The van der Waals surface area contributed by atoms with E-state index in [4.69, 9.17) is 0 Å². The molecule has 2 fully saturated rings. The van der Waals surface area contributed by atoms with Crippen molar-refractivity contribution in [2.75, 3.05) is 10.2 Å². The molecule has 6 nitrogen and oxygen atoms in total. The lowest BCUT2D eigenvalue weighted by atomic mass is 9.76. The average Bonchev–Trinajstić information content (AvgIpc) is 3.26. The van der Waals surface area contributed by atoms with E-state index in [1.807, 2.05) is 24.3 Å². The van der Waals surface area contributed by atoms with Gasteiger partial charge in [0.2, 0.25) is 11.8 Å². The van der Waals surface area contributed by atoms with Gasteiger partial charge in [0.25, 0.3) is 5.91 Å². The highest BCUT2D eigenvalue weighted by Crippen LogP contribution is 2.42. The molecule has 0 unspecified atom stereocenters. The molecular formula is C23H21N3O3S.